The molecule has 6 nitrogen and oxygen atoms in total. The standard InChI is InChI=1S/C14H23N5O/c1-3-18-9-12(8-15-18)11(2)16-14(20)19-7-6-17-5-4-13(19)10-17/h8-9,11,13H,3-7,10H2,1-2H3,(H,16,20). The molecule has 1 aromatic heterocycles. The zero-order valence-electron chi connectivity index (χ0n) is 12.2. The van der Waals surface area contributed by atoms with E-state index in [2.05, 4.69) is 22.2 Å². The highest BCUT2D eigenvalue weighted by atomic mass is 16.2. The highest BCUT2D eigenvalue weighted by Crippen LogP contribution is 2.21. The first-order valence-corrected chi connectivity index (χ1v) is 7.49. The van der Waals surface area contributed by atoms with E-state index in [1.165, 1.54) is 0 Å². The number of nitrogens with one attached hydrogen (secondary N) is 1. The molecule has 0 radical (unpaired) electrons. The zero-order valence-corrected chi connectivity index (χ0v) is 12.2. The summed E-state index contributed by atoms with van der Waals surface area (Å²) in [6.45, 7) is 8.94. The van der Waals surface area contributed by atoms with Gasteiger partial charge in [0.25, 0.3) is 0 Å². The van der Waals surface area contributed by atoms with Crippen LogP contribution in [0.25, 0.3) is 0 Å². The number of rotatable bonds is 3. The Morgan fingerprint density at radius 2 is 2.35 bits per heavy atom. The van der Waals surface area contributed by atoms with Crippen molar-refractivity contribution in [3.63, 3.8) is 0 Å². The fraction of sp³-hybridized carbons (Fsp3) is 0.714. The van der Waals surface area contributed by atoms with Crippen LogP contribution in [0.4, 0.5) is 4.79 Å². The van der Waals surface area contributed by atoms with E-state index < -0.39 is 0 Å². The molecule has 6 heteroatoms. The Morgan fingerprint density at radius 3 is 3.10 bits per heavy atom. The molecule has 2 bridgehead atoms. The highest BCUT2D eigenvalue weighted by molar-refractivity contribution is 5.75. The molecule has 2 amide bonds. The number of amides is 2. The number of aromatic nitrogens is 2. The molecular formula is C14H23N5O. The lowest BCUT2D eigenvalue weighted by molar-refractivity contribution is 0.140. The molecule has 0 aromatic carbocycles. The Labute approximate surface area is 119 Å². The van der Waals surface area contributed by atoms with Gasteiger partial charge in [0.15, 0.2) is 0 Å². The van der Waals surface area contributed by atoms with Crippen LogP contribution < -0.4 is 5.32 Å². The first kappa shape index (κ1) is 13.4. The van der Waals surface area contributed by atoms with Crippen molar-refractivity contribution >= 4 is 6.03 Å². The number of nitrogens with zero attached hydrogens (tertiary/aromatic N) is 4. The summed E-state index contributed by atoms with van der Waals surface area (Å²) in [6, 6.07) is 0.463. The molecule has 0 spiro atoms. The van der Waals surface area contributed by atoms with Crippen LogP contribution in [0.2, 0.25) is 0 Å². The third-order valence-corrected chi connectivity index (χ3v) is 4.42. The molecule has 2 aliphatic heterocycles. The van der Waals surface area contributed by atoms with Crippen LogP contribution in [0.15, 0.2) is 12.4 Å². The second-order valence-corrected chi connectivity index (χ2v) is 5.74. The van der Waals surface area contributed by atoms with E-state index in [4.69, 9.17) is 0 Å². The number of hydrogen-bond donors (Lipinski definition) is 1. The van der Waals surface area contributed by atoms with Gasteiger partial charge in [0.1, 0.15) is 0 Å². The van der Waals surface area contributed by atoms with Gasteiger partial charge in [-0.25, -0.2) is 4.79 Å². The Kier molecular flexibility index (Phi) is 3.65. The van der Waals surface area contributed by atoms with Crippen molar-refractivity contribution < 1.29 is 4.79 Å². The number of carbonyl (C=O) groups excluding carboxylic acids is 1. The van der Waals surface area contributed by atoms with E-state index >= 15 is 0 Å². The monoisotopic (exact) mass is 277 g/mol. The predicted molar refractivity (Wildman–Crippen MR) is 76.4 cm³/mol. The number of piperazine rings is 1. The third kappa shape index (κ3) is 2.52. The fourth-order valence-corrected chi connectivity index (χ4v) is 3.10. The molecule has 2 fully saturated rings. The minimum absolute atomic E-state index is 0.00207. The third-order valence-electron chi connectivity index (χ3n) is 4.42. The molecule has 3 heterocycles. The molecule has 0 aliphatic carbocycles. The van der Waals surface area contributed by atoms with E-state index in [1.54, 1.807) is 0 Å². The van der Waals surface area contributed by atoms with E-state index in [0.717, 1.165) is 44.7 Å². The highest BCUT2D eigenvalue weighted by Gasteiger charge is 2.35. The van der Waals surface area contributed by atoms with Crippen molar-refractivity contribution in [3.05, 3.63) is 18.0 Å². The molecule has 1 aromatic rings. The van der Waals surface area contributed by atoms with Crippen LogP contribution in [0.5, 0.6) is 0 Å². The maximum absolute atomic E-state index is 12.4. The van der Waals surface area contributed by atoms with Crippen LogP contribution in [0.1, 0.15) is 31.9 Å². The Morgan fingerprint density at radius 1 is 1.50 bits per heavy atom. The quantitative estimate of drug-likeness (QED) is 0.899. The van der Waals surface area contributed by atoms with Gasteiger partial charge in [0.05, 0.1) is 12.2 Å². The number of carbonyl (C=O) groups is 1. The maximum Gasteiger partial charge on any atom is 0.318 e. The van der Waals surface area contributed by atoms with Gasteiger partial charge in [-0.3, -0.25) is 9.58 Å². The van der Waals surface area contributed by atoms with Crippen LogP contribution in [-0.2, 0) is 6.54 Å². The smallest absolute Gasteiger partial charge is 0.318 e. The lowest BCUT2D eigenvalue weighted by Gasteiger charge is -2.35. The van der Waals surface area contributed by atoms with Gasteiger partial charge in [0.2, 0.25) is 0 Å². The Balaban J connectivity index is 1.60. The number of fused-ring (bicyclic) bond motifs is 2. The Hall–Kier alpha value is -1.56. The van der Waals surface area contributed by atoms with Gasteiger partial charge in [-0.15, -0.1) is 0 Å². The molecule has 2 aliphatic rings. The lowest BCUT2D eigenvalue weighted by atomic mass is 10.2. The summed E-state index contributed by atoms with van der Waals surface area (Å²) in [4.78, 5) is 16.9. The minimum Gasteiger partial charge on any atom is -0.331 e. The van der Waals surface area contributed by atoms with Crippen molar-refractivity contribution in [2.75, 3.05) is 26.2 Å². The van der Waals surface area contributed by atoms with Gasteiger partial charge in [0, 0.05) is 50.5 Å². The van der Waals surface area contributed by atoms with Gasteiger partial charge in [-0.05, 0) is 20.3 Å². The number of hydrogen-bond acceptors (Lipinski definition) is 3. The van der Waals surface area contributed by atoms with Gasteiger partial charge in [-0.2, -0.15) is 5.10 Å². The van der Waals surface area contributed by atoms with Crippen LogP contribution >= 0.6 is 0 Å². The van der Waals surface area contributed by atoms with Crippen molar-refractivity contribution in [1.29, 1.82) is 0 Å². The predicted octanol–water partition coefficient (Wildman–Crippen LogP) is 1.06. The molecule has 3 atom stereocenters. The summed E-state index contributed by atoms with van der Waals surface area (Å²) < 4.78 is 1.88. The summed E-state index contributed by atoms with van der Waals surface area (Å²) in [5, 5.41) is 7.36. The molecule has 1 N–H and O–H groups in total. The fourth-order valence-electron chi connectivity index (χ4n) is 3.10. The second-order valence-electron chi connectivity index (χ2n) is 5.74. The molecule has 0 saturated carbocycles. The van der Waals surface area contributed by atoms with Crippen molar-refractivity contribution in [2.45, 2.75) is 38.9 Å². The summed E-state index contributed by atoms with van der Waals surface area (Å²) in [7, 11) is 0. The van der Waals surface area contributed by atoms with E-state index in [1.807, 2.05) is 28.9 Å². The molecule has 110 valence electrons. The van der Waals surface area contributed by atoms with E-state index in [0.29, 0.717) is 6.04 Å². The lowest BCUT2D eigenvalue weighted by Crippen LogP contribution is -2.53. The van der Waals surface area contributed by atoms with Gasteiger partial charge in [-0.1, -0.05) is 0 Å². The van der Waals surface area contributed by atoms with Gasteiger partial charge >= 0.3 is 6.03 Å². The summed E-state index contributed by atoms with van der Waals surface area (Å²) in [5.74, 6) is 0. The average Bonchev–Trinajstić information content (AvgIpc) is 3.06. The van der Waals surface area contributed by atoms with Gasteiger partial charge < -0.3 is 10.2 Å². The van der Waals surface area contributed by atoms with Crippen molar-refractivity contribution in [3.8, 4) is 0 Å². The molecule has 3 unspecified atom stereocenters. The van der Waals surface area contributed by atoms with E-state index in [9.17, 15) is 4.79 Å². The Bertz CT molecular complexity index is 486. The largest absolute Gasteiger partial charge is 0.331 e. The number of urea groups is 1. The van der Waals surface area contributed by atoms with Crippen LogP contribution in [0, 0.1) is 0 Å². The maximum atomic E-state index is 12.4. The van der Waals surface area contributed by atoms with Crippen LogP contribution in [-0.4, -0.2) is 57.8 Å². The first-order valence-electron chi connectivity index (χ1n) is 7.49. The summed E-state index contributed by atoms with van der Waals surface area (Å²) in [6.07, 6.45) is 4.94. The molecule has 3 rings (SSSR count). The first-order chi connectivity index (χ1) is 9.67. The second kappa shape index (κ2) is 5.44. The minimum atomic E-state index is 0.00207. The van der Waals surface area contributed by atoms with Crippen molar-refractivity contribution in [2.24, 2.45) is 0 Å². The summed E-state index contributed by atoms with van der Waals surface area (Å²) in [5.41, 5.74) is 1.06. The van der Waals surface area contributed by atoms with Crippen LogP contribution in [0.3, 0.4) is 0 Å². The zero-order chi connectivity index (χ0) is 14.1. The SMILES string of the molecule is CCn1cc(C(C)NC(=O)N2CCN3CCC2C3)cn1. The molecule has 20 heavy (non-hydrogen) atoms. The topological polar surface area (TPSA) is 53.4 Å². The average molecular weight is 277 g/mol. The number of aryl methyl sites for hydroxylation is 1. The molecular weight excluding hydrogens is 254 g/mol. The van der Waals surface area contributed by atoms with E-state index in [-0.39, 0.29) is 12.1 Å². The molecule has 2 saturated heterocycles. The normalized spacial score (nSPS) is 26.6. The van der Waals surface area contributed by atoms with Crippen molar-refractivity contribution in [1.82, 2.24) is 24.9 Å². The summed E-state index contributed by atoms with van der Waals surface area (Å²) >= 11 is 0.